The molecule has 1 aromatic heterocycles. The summed E-state index contributed by atoms with van der Waals surface area (Å²) in [6.07, 6.45) is -0.0880. The highest BCUT2D eigenvalue weighted by molar-refractivity contribution is 5.82. The molecule has 0 aromatic carbocycles. The number of hydrogen-bond donors (Lipinski definition) is 1. The fraction of sp³-hybridized carbons (Fsp3) is 0.750. The minimum absolute atomic E-state index is 0.0109. The zero-order valence-electron chi connectivity index (χ0n) is 17.8. The molecule has 1 saturated heterocycles. The molecule has 0 unspecified atom stereocenters. The zero-order valence-corrected chi connectivity index (χ0v) is 17.8. The van der Waals surface area contributed by atoms with E-state index in [4.69, 9.17) is 4.74 Å². The molecular weight excluding hydrogens is 417 g/mol. The third kappa shape index (κ3) is 5.90. The van der Waals surface area contributed by atoms with E-state index in [1.807, 2.05) is 0 Å². The number of aromatic nitrogens is 2. The molecule has 3 rings (SSSR count). The molecule has 1 saturated carbocycles. The van der Waals surface area contributed by atoms with Gasteiger partial charge in [0.15, 0.2) is 0 Å². The van der Waals surface area contributed by atoms with E-state index < -0.39 is 30.2 Å². The highest BCUT2D eigenvalue weighted by Gasteiger charge is 2.42. The van der Waals surface area contributed by atoms with Gasteiger partial charge in [0.2, 0.25) is 5.82 Å². The number of carbonyl (C=O) groups is 2. The van der Waals surface area contributed by atoms with Crippen molar-refractivity contribution in [3.8, 4) is 0 Å². The normalized spacial score (nSPS) is 20.2. The van der Waals surface area contributed by atoms with Crippen molar-refractivity contribution in [1.29, 1.82) is 0 Å². The Kier molecular flexibility index (Phi) is 7.45. The molecule has 2 amide bonds. The number of nitrogens with one attached hydrogen (secondary N) is 1. The second-order valence-electron chi connectivity index (χ2n) is 7.96. The Balaban J connectivity index is 1.75. The maximum atomic E-state index is 13.6. The average molecular weight is 446 g/mol. The number of aryl methyl sites for hydroxylation is 1. The molecule has 2 aliphatic rings. The van der Waals surface area contributed by atoms with Gasteiger partial charge in [-0.15, -0.1) is 0 Å². The number of carbonyl (C=O) groups excluding carboxylic acids is 2. The van der Waals surface area contributed by atoms with Gasteiger partial charge in [-0.05, 0) is 45.4 Å². The first-order valence-electron chi connectivity index (χ1n) is 10.6. The number of alkyl halides is 3. The number of nitrogens with zero attached hydrogens (tertiary/aromatic N) is 3. The highest BCUT2D eigenvalue weighted by Crippen LogP contribution is 2.37. The molecule has 0 bridgehead atoms. The number of ether oxygens (including phenoxy) is 2. The Morgan fingerprint density at radius 3 is 2.68 bits per heavy atom. The van der Waals surface area contributed by atoms with Gasteiger partial charge in [-0.25, -0.2) is 9.78 Å². The first-order chi connectivity index (χ1) is 14.7. The van der Waals surface area contributed by atoms with Crippen LogP contribution in [0, 0.1) is 0 Å². The molecule has 1 aromatic rings. The lowest BCUT2D eigenvalue weighted by atomic mass is 10.1. The standard InChI is InChI=1S/C20H29F3N4O4/c1-13(27(14-7-8-14)17(28)16-6-3-4-11-31-16)15-12-26(18(25-15)20(21,22)23)10-5-9-24-19(29)30-2/h12-14,16H,3-11H2,1-2H3,(H,24,29)/t13-,16-/m1/s1. The van der Waals surface area contributed by atoms with Gasteiger partial charge in [-0.3, -0.25) is 4.79 Å². The highest BCUT2D eigenvalue weighted by atomic mass is 19.4. The number of halogens is 3. The van der Waals surface area contributed by atoms with Crippen LogP contribution in [0.1, 0.15) is 63.0 Å². The Bertz CT molecular complexity index is 773. The van der Waals surface area contributed by atoms with Crippen molar-refractivity contribution in [3.63, 3.8) is 0 Å². The lowest BCUT2D eigenvalue weighted by molar-refractivity contribution is -0.149. The van der Waals surface area contributed by atoms with Crippen LogP contribution in [-0.4, -0.2) is 58.9 Å². The van der Waals surface area contributed by atoms with Gasteiger partial charge in [-0.2, -0.15) is 13.2 Å². The van der Waals surface area contributed by atoms with E-state index in [1.54, 1.807) is 11.8 Å². The van der Waals surface area contributed by atoms with Crippen molar-refractivity contribution in [2.75, 3.05) is 20.3 Å². The van der Waals surface area contributed by atoms with Crippen molar-refractivity contribution in [2.24, 2.45) is 0 Å². The summed E-state index contributed by atoms with van der Waals surface area (Å²) in [6.45, 7) is 2.42. The number of alkyl carbamates (subject to hydrolysis) is 1. The summed E-state index contributed by atoms with van der Waals surface area (Å²) in [4.78, 5) is 29.7. The lowest BCUT2D eigenvalue weighted by Gasteiger charge is -2.33. The van der Waals surface area contributed by atoms with Crippen LogP contribution >= 0.6 is 0 Å². The smallest absolute Gasteiger partial charge is 0.449 e. The predicted molar refractivity (Wildman–Crippen MR) is 104 cm³/mol. The van der Waals surface area contributed by atoms with Gasteiger partial charge >= 0.3 is 12.3 Å². The summed E-state index contributed by atoms with van der Waals surface area (Å²) in [5.74, 6) is -1.18. The van der Waals surface area contributed by atoms with Crippen LogP contribution in [0.4, 0.5) is 18.0 Å². The van der Waals surface area contributed by atoms with Gasteiger partial charge in [0.1, 0.15) is 6.10 Å². The Morgan fingerprint density at radius 2 is 2.10 bits per heavy atom. The molecule has 31 heavy (non-hydrogen) atoms. The second-order valence-corrected chi connectivity index (χ2v) is 7.96. The fourth-order valence-corrected chi connectivity index (χ4v) is 3.83. The van der Waals surface area contributed by atoms with Crippen molar-refractivity contribution in [1.82, 2.24) is 19.8 Å². The van der Waals surface area contributed by atoms with Gasteiger partial charge in [0.25, 0.3) is 5.91 Å². The summed E-state index contributed by atoms with van der Waals surface area (Å²) in [7, 11) is 1.21. The minimum atomic E-state index is -4.63. The fourth-order valence-electron chi connectivity index (χ4n) is 3.83. The first kappa shape index (κ1) is 23.4. The molecule has 174 valence electrons. The van der Waals surface area contributed by atoms with E-state index in [0.29, 0.717) is 13.0 Å². The first-order valence-corrected chi connectivity index (χ1v) is 10.6. The van der Waals surface area contributed by atoms with E-state index in [2.05, 4.69) is 15.0 Å². The zero-order chi connectivity index (χ0) is 22.6. The number of amides is 2. The van der Waals surface area contributed by atoms with Gasteiger partial charge < -0.3 is 24.3 Å². The van der Waals surface area contributed by atoms with E-state index in [0.717, 1.165) is 30.3 Å². The molecular formula is C20H29F3N4O4. The van der Waals surface area contributed by atoms with Crippen LogP contribution in [0.3, 0.4) is 0 Å². The molecule has 1 N–H and O–H groups in total. The van der Waals surface area contributed by atoms with E-state index in [9.17, 15) is 22.8 Å². The van der Waals surface area contributed by atoms with Crippen LogP contribution in [0.2, 0.25) is 0 Å². The molecule has 8 nitrogen and oxygen atoms in total. The summed E-state index contributed by atoms with van der Waals surface area (Å²) in [6, 6.07) is -0.585. The Labute approximate surface area is 179 Å². The van der Waals surface area contributed by atoms with Crippen LogP contribution in [0.5, 0.6) is 0 Å². The predicted octanol–water partition coefficient (Wildman–Crippen LogP) is 3.27. The summed E-state index contributed by atoms with van der Waals surface area (Å²) < 4.78 is 51.8. The van der Waals surface area contributed by atoms with Crippen LogP contribution < -0.4 is 5.32 Å². The summed E-state index contributed by atoms with van der Waals surface area (Å²) >= 11 is 0. The van der Waals surface area contributed by atoms with Gasteiger partial charge in [-0.1, -0.05) is 0 Å². The SMILES string of the molecule is COC(=O)NCCCn1cc([C@@H](C)N(C(=O)[C@H]2CCCCO2)C2CC2)nc1C(F)(F)F. The van der Waals surface area contributed by atoms with Crippen molar-refractivity contribution < 1.29 is 32.2 Å². The Morgan fingerprint density at radius 1 is 1.35 bits per heavy atom. The van der Waals surface area contributed by atoms with Crippen LogP contribution in [0.25, 0.3) is 0 Å². The number of imidazole rings is 1. The molecule has 11 heteroatoms. The molecule has 0 radical (unpaired) electrons. The largest absolute Gasteiger partial charge is 0.453 e. The number of rotatable bonds is 8. The molecule has 0 spiro atoms. The van der Waals surface area contributed by atoms with Crippen LogP contribution in [-0.2, 0) is 27.0 Å². The van der Waals surface area contributed by atoms with Gasteiger partial charge in [0, 0.05) is 31.9 Å². The number of hydrogen-bond acceptors (Lipinski definition) is 5. The third-order valence-corrected chi connectivity index (χ3v) is 5.57. The monoisotopic (exact) mass is 446 g/mol. The lowest BCUT2D eigenvalue weighted by Crippen LogP contribution is -2.44. The molecule has 1 aliphatic heterocycles. The van der Waals surface area contributed by atoms with Crippen LogP contribution in [0.15, 0.2) is 6.20 Å². The maximum Gasteiger partial charge on any atom is 0.449 e. The summed E-state index contributed by atoms with van der Waals surface area (Å²) in [5, 5.41) is 2.44. The van der Waals surface area contributed by atoms with Gasteiger partial charge in [0.05, 0.1) is 18.8 Å². The van der Waals surface area contributed by atoms with Crippen molar-refractivity contribution >= 4 is 12.0 Å². The molecule has 2 heterocycles. The minimum Gasteiger partial charge on any atom is -0.453 e. The summed E-state index contributed by atoms with van der Waals surface area (Å²) in [5.41, 5.74) is 0.198. The van der Waals surface area contributed by atoms with Crippen molar-refractivity contribution in [3.05, 3.63) is 17.7 Å². The topological polar surface area (TPSA) is 85.7 Å². The molecule has 2 atom stereocenters. The van der Waals surface area contributed by atoms with Crippen molar-refractivity contribution in [2.45, 2.75) is 76.4 Å². The molecule has 1 aliphatic carbocycles. The van der Waals surface area contributed by atoms with E-state index >= 15 is 0 Å². The van der Waals surface area contributed by atoms with E-state index in [1.165, 1.54) is 13.3 Å². The number of methoxy groups -OCH3 is 1. The maximum absolute atomic E-state index is 13.6. The van der Waals surface area contributed by atoms with E-state index in [-0.39, 0.29) is 37.2 Å². The third-order valence-electron chi connectivity index (χ3n) is 5.57. The average Bonchev–Trinajstić information content (AvgIpc) is 3.47. The quantitative estimate of drug-likeness (QED) is 0.620. The second kappa shape index (κ2) is 9.88. The molecule has 2 fully saturated rings. The Hall–Kier alpha value is -2.30.